The highest BCUT2D eigenvalue weighted by molar-refractivity contribution is 6.31. The second-order valence-electron chi connectivity index (χ2n) is 4.76. The molecule has 0 fully saturated rings. The fourth-order valence-corrected chi connectivity index (χ4v) is 2.38. The number of rotatable bonds is 3. The van der Waals surface area contributed by atoms with E-state index < -0.39 is 0 Å². The monoisotopic (exact) mass is 277 g/mol. The van der Waals surface area contributed by atoms with Gasteiger partial charge in [0.15, 0.2) is 0 Å². The largest absolute Gasteiger partial charge is 0.316 e. The van der Waals surface area contributed by atoms with Crippen molar-refractivity contribution in [3.8, 4) is 11.1 Å². The van der Waals surface area contributed by atoms with E-state index in [-0.39, 0.29) is 5.82 Å². The van der Waals surface area contributed by atoms with Gasteiger partial charge in [-0.3, -0.25) is 0 Å². The van der Waals surface area contributed by atoms with E-state index in [0.29, 0.717) is 17.1 Å². The van der Waals surface area contributed by atoms with Gasteiger partial charge in [0.2, 0.25) is 0 Å². The zero-order chi connectivity index (χ0) is 14.0. The van der Waals surface area contributed by atoms with Gasteiger partial charge >= 0.3 is 0 Å². The molecule has 3 heteroatoms. The van der Waals surface area contributed by atoms with E-state index in [1.54, 1.807) is 6.07 Å². The Bertz CT molecular complexity index is 608. The Kier molecular flexibility index (Phi) is 4.23. The summed E-state index contributed by atoms with van der Waals surface area (Å²) in [4.78, 5) is 0. The van der Waals surface area contributed by atoms with Crippen LogP contribution in [-0.4, -0.2) is 7.05 Å². The third-order valence-corrected chi connectivity index (χ3v) is 3.62. The quantitative estimate of drug-likeness (QED) is 0.872. The molecule has 100 valence electrons. The lowest BCUT2D eigenvalue weighted by atomic mass is 9.97. The van der Waals surface area contributed by atoms with Crippen molar-refractivity contribution in [2.45, 2.75) is 20.4 Å². The molecule has 0 amide bonds. The second kappa shape index (κ2) is 5.72. The predicted octanol–water partition coefficient (Wildman–Crippen LogP) is 4.48. The Labute approximate surface area is 118 Å². The highest BCUT2D eigenvalue weighted by Gasteiger charge is 2.10. The Morgan fingerprint density at radius 2 is 1.79 bits per heavy atom. The van der Waals surface area contributed by atoms with E-state index in [9.17, 15) is 4.39 Å². The minimum absolute atomic E-state index is 0.197. The van der Waals surface area contributed by atoms with Crippen molar-refractivity contribution in [3.05, 3.63) is 57.9 Å². The topological polar surface area (TPSA) is 12.0 Å². The van der Waals surface area contributed by atoms with Crippen molar-refractivity contribution >= 4 is 11.6 Å². The van der Waals surface area contributed by atoms with Crippen LogP contribution in [0.1, 0.15) is 16.7 Å². The van der Waals surface area contributed by atoms with Crippen LogP contribution in [0.5, 0.6) is 0 Å². The Hall–Kier alpha value is -1.38. The van der Waals surface area contributed by atoms with Crippen LogP contribution in [0.4, 0.5) is 4.39 Å². The van der Waals surface area contributed by atoms with Crippen LogP contribution >= 0.6 is 11.6 Å². The van der Waals surface area contributed by atoms with Crippen LogP contribution in [0, 0.1) is 19.7 Å². The number of nitrogens with one attached hydrogen (secondary N) is 1. The molecule has 0 unspecified atom stereocenters. The molecule has 1 nitrogen and oxygen atoms in total. The summed E-state index contributed by atoms with van der Waals surface area (Å²) in [6, 6.07) is 9.17. The van der Waals surface area contributed by atoms with Gasteiger partial charge in [-0.2, -0.15) is 0 Å². The summed E-state index contributed by atoms with van der Waals surface area (Å²) in [5.74, 6) is -0.197. The molecular weight excluding hydrogens is 261 g/mol. The van der Waals surface area contributed by atoms with E-state index in [1.807, 2.05) is 45.2 Å². The van der Waals surface area contributed by atoms with Gasteiger partial charge in [-0.05, 0) is 61.3 Å². The summed E-state index contributed by atoms with van der Waals surface area (Å²) in [6.45, 7) is 4.54. The van der Waals surface area contributed by atoms with Crippen LogP contribution in [0.3, 0.4) is 0 Å². The summed E-state index contributed by atoms with van der Waals surface area (Å²) >= 11 is 6.08. The maximum absolute atomic E-state index is 14.2. The first-order chi connectivity index (χ1) is 9.02. The molecule has 0 aliphatic heterocycles. The minimum Gasteiger partial charge on any atom is -0.316 e. The van der Waals surface area contributed by atoms with Gasteiger partial charge in [0.1, 0.15) is 5.82 Å². The molecule has 0 aromatic heterocycles. The molecule has 0 radical (unpaired) electrons. The number of benzene rings is 2. The normalized spacial score (nSPS) is 10.8. The molecule has 0 saturated heterocycles. The molecule has 19 heavy (non-hydrogen) atoms. The SMILES string of the molecule is CNCc1ccc(-c2cc(C)c(Cl)cc2C)c(F)c1. The van der Waals surface area contributed by atoms with Gasteiger partial charge in [0.05, 0.1) is 0 Å². The van der Waals surface area contributed by atoms with Crippen LogP contribution in [0.2, 0.25) is 5.02 Å². The third-order valence-electron chi connectivity index (χ3n) is 3.21. The fraction of sp³-hybridized carbons (Fsp3) is 0.250. The van der Waals surface area contributed by atoms with Gasteiger partial charge in [-0.1, -0.05) is 23.7 Å². The first-order valence-electron chi connectivity index (χ1n) is 6.23. The summed E-state index contributed by atoms with van der Waals surface area (Å²) < 4.78 is 14.2. The zero-order valence-electron chi connectivity index (χ0n) is 11.3. The van der Waals surface area contributed by atoms with E-state index >= 15 is 0 Å². The van der Waals surface area contributed by atoms with Crippen LogP contribution in [0.15, 0.2) is 30.3 Å². The summed E-state index contributed by atoms with van der Waals surface area (Å²) in [5, 5.41) is 3.73. The van der Waals surface area contributed by atoms with E-state index in [4.69, 9.17) is 11.6 Å². The second-order valence-corrected chi connectivity index (χ2v) is 5.17. The Morgan fingerprint density at radius 3 is 2.42 bits per heavy atom. The minimum atomic E-state index is -0.197. The highest BCUT2D eigenvalue weighted by Crippen LogP contribution is 2.30. The third kappa shape index (κ3) is 2.96. The Balaban J connectivity index is 2.50. The van der Waals surface area contributed by atoms with Gasteiger partial charge in [0.25, 0.3) is 0 Å². The molecule has 2 aromatic carbocycles. The van der Waals surface area contributed by atoms with Crippen LogP contribution in [-0.2, 0) is 6.54 Å². The summed E-state index contributed by atoms with van der Waals surface area (Å²) in [7, 11) is 1.85. The molecule has 0 aliphatic rings. The number of hydrogen-bond acceptors (Lipinski definition) is 1. The van der Waals surface area contributed by atoms with Gasteiger partial charge in [-0.25, -0.2) is 4.39 Å². The van der Waals surface area contributed by atoms with Crippen molar-refractivity contribution < 1.29 is 4.39 Å². The van der Waals surface area contributed by atoms with Crippen molar-refractivity contribution in [2.75, 3.05) is 7.05 Å². The average molecular weight is 278 g/mol. The molecule has 0 saturated carbocycles. The summed E-state index contributed by atoms with van der Waals surface area (Å²) in [5.41, 5.74) is 4.40. The predicted molar refractivity (Wildman–Crippen MR) is 79.1 cm³/mol. The number of halogens is 2. The lowest BCUT2D eigenvalue weighted by molar-refractivity contribution is 0.627. The van der Waals surface area contributed by atoms with Crippen molar-refractivity contribution in [3.63, 3.8) is 0 Å². The van der Waals surface area contributed by atoms with E-state index in [2.05, 4.69) is 5.32 Å². The van der Waals surface area contributed by atoms with Crippen LogP contribution in [0.25, 0.3) is 11.1 Å². The average Bonchev–Trinajstić information content (AvgIpc) is 2.35. The van der Waals surface area contributed by atoms with Gasteiger partial charge < -0.3 is 5.32 Å². The fourth-order valence-electron chi connectivity index (χ4n) is 2.16. The van der Waals surface area contributed by atoms with Crippen molar-refractivity contribution in [1.29, 1.82) is 0 Å². The van der Waals surface area contributed by atoms with Gasteiger partial charge in [0, 0.05) is 17.1 Å². The molecule has 0 heterocycles. The van der Waals surface area contributed by atoms with E-state index in [1.165, 1.54) is 0 Å². The smallest absolute Gasteiger partial charge is 0.131 e. The molecule has 0 aliphatic carbocycles. The first kappa shape index (κ1) is 14.0. The van der Waals surface area contributed by atoms with Crippen molar-refractivity contribution in [2.24, 2.45) is 0 Å². The number of aryl methyl sites for hydroxylation is 2. The lowest BCUT2D eigenvalue weighted by Gasteiger charge is -2.11. The van der Waals surface area contributed by atoms with E-state index in [0.717, 1.165) is 22.3 Å². The lowest BCUT2D eigenvalue weighted by Crippen LogP contribution is -2.05. The Morgan fingerprint density at radius 1 is 1.05 bits per heavy atom. The molecule has 0 atom stereocenters. The standard InChI is InChI=1S/C16H17ClFN/c1-10-7-15(17)11(2)6-14(10)13-5-4-12(9-19-3)8-16(13)18/h4-8,19H,9H2,1-3H3. The summed E-state index contributed by atoms with van der Waals surface area (Å²) in [6.07, 6.45) is 0. The zero-order valence-corrected chi connectivity index (χ0v) is 12.1. The van der Waals surface area contributed by atoms with Crippen LogP contribution < -0.4 is 5.32 Å². The first-order valence-corrected chi connectivity index (χ1v) is 6.61. The molecular formula is C16H17ClFN. The maximum Gasteiger partial charge on any atom is 0.131 e. The molecule has 2 aromatic rings. The molecule has 2 rings (SSSR count). The molecule has 0 bridgehead atoms. The molecule has 1 N–H and O–H groups in total. The highest BCUT2D eigenvalue weighted by atomic mass is 35.5. The molecule has 0 spiro atoms. The maximum atomic E-state index is 14.2. The van der Waals surface area contributed by atoms with Gasteiger partial charge in [-0.15, -0.1) is 0 Å². The number of hydrogen-bond donors (Lipinski definition) is 1. The van der Waals surface area contributed by atoms with Crippen molar-refractivity contribution in [1.82, 2.24) is 5.32 Å².